The molecule has 160 valence electrons. The minimum absolute atomic E-state index is 0.00655. The summed E-state index contributed by atoms with van der Waals surface area (Å²) in [5, 5.41) is 0. The zero-order valence-corrected chi connectivity index (χ0v) is 18.6. The maximum absolute atomic E-state index is 13.0. The minimum atomic E-state index is -3.78. The minimum Gasteiger partial charge on any atom is -0.339 e. The summed E-state index contributed by atoms with van der Waals surface area (Å²) in [5.41, 5.74) is 0.868. The number of hydrogen-bond donors (Lipinski definition) is 0. The maximum atomic E-state index is 13.0. The summed E-state index contributed by atoms with van der Waals surface area (Å²) in [5.74, 6) is -0.982. The van der Waals surface area contributed by atoms with Gasteiger partial charge in [0.25, 0.3) is 0 Å². The van der Waals surface area contributed by atoms with Gasteiger partial charge in [0, 0.05) is 26.2 Å². The summed E-state index contributed by atoms with van der Waals surface area (Å²) >= 11 is 0.953. The number of benzene rings is 1. The number of sulfone groups is 1. The van der Waals surface area contributed by atoms with Crippen LogP contribution < -0.4 is 0 Å². The molecule has 1 saturated heterocycles. The molecule has 12 heteroatoms. The van der Waals surface area contributed by atoms with E-state index in [2.05, 4.69) is 8.75 Å². The molecule has 3 rings (SSSR count). The Balaban J connectivity index is 1.63. The second-order valence-electron chi connectivity index (χ2n) is 6.97. The third-order valence-electron chi connectivity index (χ3n) is 4.86. The van der Waals surface area contributed by atoms with Gasteiger partial charge in [-0.3, -0.25) is 4.79 Å². The molecule has 2 aromatic rings. The number of sulfonamides is 1. The van der Waals surface area contributed by atoms with E-state index in [-0.39, 0.29) is 36.8 Å². The number of carbonyl (C=O) groups is 1. The molecule has 1 aromatic carbocycles. The van der Waals surface area contributed by atoms with Crippen molar-refractivity contribution in [1.82, 2.24) is 18.0 Å². The van der Waals surface area contributed by atoms with Crippen molar-refractivity contribution in [3.05, 3.63) is 18.2 Å². The van der Waals surface area contributed by atoms with Crippen LogP contribution in [0.3, 0.4) is 0 Å². The Kier molecular flexibility index (Phi) is 6.87. The average molecular weight is 461 g/mol. The molecule has 1 fully saturated rings. The molecule has 0 spiro atoms. The van der Waals surface area contributed by atoms with Crippen LogP contribution in [0.2, 0.25) is 0 Å². The van der Waals surface area contributed by atoms with Gasteiger partial charge in [-0.05, 0) is 18.6 Å². The smallest absolute Gasteiger partial charge is 0.245 e. The number of rotatable bonds is 8. The van der Waals surface area contributed by atoms with E-state index in [1.165, 1.54) is 15.3 Å². The number of amides is 1. The van der Waals surface area contributed by atoms with Gasteiger partial charge in [-0.1, -0.05) is 25.8 Å². The fraction of sp³-hybridized carbons (Fsp3) is 0.588. The monoisotopic (exact) mass is 460 g/mol. The summed E-state index contributed by atoms with van der Waals surface area (Å²) in [6, 6.07) is 4.83. The van der Waals surface area contributed by atoms with Crippen LogP contribution in [0.4, 0.5) is 0 Å². The molecule has 0 saturated carbocycles. The number of carbonyl (C=O) groups excluding carboxylic acids is 1. The van der Waals surface area contributed by atoms with Crippen molar-refractivity contribution >= 4 is 48.5 Å². The molecule has 0 atom stereocenters. The lowest BCUT2D eigenvalue weighted by Gasteiger charge is -2.34. The molecule has 0 aliphatic carbocycles. The molecule has 0 unspecified atom stereocenters. The molecule has 2 heterocycles. The van der Waals surface area contributed by atoms with Crippen molar-refractivity contribution in [3.8, 4) is 0 Å². The van der Waals surface area contributed by atoms with Crippen molar-refractivity contribution < 1.29 is 21.6 Å². The summed E-state index contributed by atoms with van der Waals surface area (Å²) in [7, 11) is -7.22. The van der Waals surface area contributed by atoms with Gasteiger partial charge in [-0.2, -0.15) is 13.1 Å². The third kappa shape index (κ3) is 5.11. The largest absolute Gasteiger partial charge is 0.339 e. The Bertz CT molecular complexity index is 1070. The number of nitrogens with zero attached hydrogens (tertiary/aromatic N) is 4. The molecule has 1 aliphatic heterocycles. The van der Waals surface area contributed by atoms with Gasteiger partial charge in [-0.15, -0.1) is 0 Å². The molecule has 1 amide bonds. The van der Waals surface area contributed by atoms with E-state index in [9.17, 15) is 21.6 Å². The van der Waals surface area contributed by atoms with Crippen LogP contribution in [-0.2, 0) is 24.7 Å². The van der Waals surface area contributed by atoms with Gasteiger partial charge in [0.2, 0.25) is 15.9 Å². The first kappa shape index (κ1) is 22.1. The summed E-state index contributed by atoms with van der Waals surface area (Å²) in [6.07, 6.45) is 2.27. The Morgan fingerprint density at radius 2 is 1.79 bits per heavy atom. The SMILES string of the molecule is CCCCCS(=O)(=O)CC(=O)N1CCN(S(=O)(=O)c2cccc3nsnc23)CC1. The molecule has 0 radical (unpaired) electrons. The van der Waals surface area contributed by atoms with Crippen molar-refractivity contribution in [2.45, 2.75) is 31.1 Å². The van der Waals surface area contributed by atoms with Gasteiger partial charge in [0.15, 0.2) is 9.84 Å². The van der Waals surface area contributed by atoms with Gasteiger partial charge in [-0.25, -0.2) is 16.8 Å². The molecular weight excluding hydrogens is 436 g/mol. The lowest BCUT2D eigenvalue weighted by Crippen LogP contribution is -2.51. The molecule has 29 heavy (non-hydrogen) atoms. The van der Waals surface area contributed by atoms with E-state index in [1.807, 2.05) is 6.92 Å². The normalized spacial score (nSPS) is 16.4. The summed E-state index contributed by atoms with van der Waals surface area (Å²) in [6.45, 7) is 2.52. The van der Waals surface area contributed by atoms with Crippen LogP contribution >= 0.6 is 11.7 Å². The highest BCUT2D eigenvalue weighted by Gasteiger charge is 2.32. The number of aromatic nitrogens is 2. The predicted molar refractivity (Wildman–Crippen MR) is 111 cm³/mol. The maximum Gasteiger partial charge on any atom is 0.245 e. The van der Waals surface area contributed by atoms with Crippen LogP contribution in [0.15, 0.2) is 23.1 Å². The number of hydrogen-bond acceptors (Lipinski definition) is 8. The molecule has 9 nitrogen and oxygen atoms in total. The van der Waals surface area contributed by atoms with Gasteiger partial charge in [0.05, 0.1) is 17.5 Å². The molecular formula is C17H24N4O5S3. The van der Waals surface area contributed by atoms with Crippen molar-refractivity contribution in [2.75, 3.05) is 37.7 Å². The van der Waals surface area contributed by atoms with Gasteiger partial charge >= 0.3 is 0 Å². The first-order valence-electron chi connectivity index (χ1n) is 9.44. The Hall–Kier alpha value is -1.63. The Morgan fingerprint density at radius 3 is 2.48 bits per heavy atom. The van der Waals surface area contributed by atoms with Gasteiger partial charge < -0.3 is 4.90 Å². The first-order valence-corrected chi connectivity index (χ1v) is 13.4. The average Bonchev–Trinajstić information content (AvgIpc) is 3.16. The van der Waals surface area contributed by atoms with Crippen LogP contribution in [0.1, 0.15) is 26.2 Å². The predicted octanol–water partition coefficient (Wildman–Crippen LogP) is 1.13. The van der Waals surface area contributed by atoms with Crippen LogP contribution in [0.5, 0.6) is 0 Å². The Morgan fingerprint density at radius 1 is 1.07 bits per heavy atom. The molecule has 1 aliphatic rings. The second-order valence-corrected chi connectivity index (χ2v) is 11.6. The topological polar surface area (TPSA) is 118 Å². The first-order chi connectivity index (χ1) is 13.7. The second kappa shape index (κ2) is 9.02. The standard InChI is InChI=1S/C17H24N4O5S3/c1-2-3-4-12-28(23,24)13-16(22)20-8-10-21(11-9-20)29(25,26)15-7-5-6-14-17(15)19-27-18-14/h5-7H,2-4,8-13H2,1H3. The number of fused-ring (bicyclic) bond motifs is 1. The van der Waals surface area contributed by atoms with E-state index < -0.39 is 31.5 Å². The highest BCUT2D eigenvalue weighted by Crippen LogP contribution is 2.25. The van der Waals surface area contributed by atoms with E-state index >= 15 is 0 Å². The van der Waals surface area contributed by atoms with E-state index in [0.29, 0.717) is 17.5 Å². The van der Waals surface area contributed by atoms with Crippen molar-refractivity contribution in [1.29, 1.82) is 0 Å². The van der Waals surface area contributed by atoms with Crippen LogP contribution in [0.25, 0.3) is 11.0 Å². The van der Waals surface area contributed by atoms with Gasteiger partial charge in [0.1, 0.15) is 21.7 Å². The zero-order chi connectivity index (χ0) is 21.1. The fourth-order valence-corrected chi connectivity index (χ4v) is 6.75. The number of piperazine rings is 1. The van der Waals surface area contributed by atoms with Crippen molar-refractivity contribution in [3.63, 3.8) is 0 Å². The van der Waals surface area contributed by atoms with Crippen molar-refractivity contribution in [2.24, 2.45) is 0 Å². The zero-order valence-electron chi connectivity index (χ0n) is 16.2. The lowest BCUT2D eigenvalue weighted by atomic mass is 10.3. The molecule has 0 N–H and O–H groups in total. The quantitative estimate of drug-likeness (QED) is 0.542. The van der Waals surface area contributed by atoms with Crippen LogP contribution in [0, 0.1) is 0 Å². The molecule has 1 aromatic heterocycles. The third-order valence-corrected chi connectivity index (χ3v) is 8.93. The van der Waals surface area contributed by atoms with Crippen LogP contribution in [-0.4, -0.2) is 78.4 Å². The Labute approximate surface area is 175 Å². The fourth-order valence-electron chi connectivity index (χ4n) is 3.23. The summed E-state index contributed by atoms with van der Waals surface area (Å²) in [4.78, 5) is 13.9. The summed E-state index contributed by atoms with van der Waals surface area (Å²) < 4.78 is 59.7. The number of unbranched alkanes of at least 4 members (excludes halogenated alkanes) is 2. The van der Waals surface area contributed by atoms with E-state index in [4.69, 9.17) is 0 Å². The van der Waals surface area contributed by atoms with E-state index in [0.717, 1.165) is 24.6 Å². The lowest BCUT2D eigenvalue weighted by molar-refractivity contribution is -0.129. The highest BCUT2D eigenvalue weighted by atomic mass is 32.2. The molecule has 0 bridgehead atoms. The van der Waals surface area contributed by atoms with E-state index in [1.54, 1.807) is 12.1 Å². The highest BCUT2D eigenvalue weighted by molar-refractivity contribution is 7.92.